The molecule has 0 bridgehead atoms. The van der Waals surface area contributed by atoms with Crippen LogP contribution in [-0.2, 0) is 22.7 Å². The van der Waals surface area contributed by atoms with Gasteiger partial charge in [-0.25, -0.2) is 4.79 Å². The van der Waals surface area contributed by atoms with Crippen LogP contribution in [0, 0.1) is 13.8 Å². The number of methoxy groups -OCH3 is 2. The Morgan fingerprint density at radius 2 is 1.77 bits per heavy atom. The summed E-state index contributed by atoms with van der Waals surface area (Å²) in [7, 11) is 2.90. The number of hydrogen-bond donors (Lipinski definition) is 1. The third-order valence-corrected chi connectivity index (χ3v) is 8.51. The zero-order valence-corrected chi connectivity index (χ0v) is 25.1. The Morgan fingerprint density at radius 1 is 1.07 bits per heavy atom. The average molecular weight is 601 g/mol. The number of thioether (sulfide) groups is 1. The number of aromatic nitrogens is 3. The average Bonchev–Trinajstić information content (AvgIpc) is 3.56. The molecule has 0 aliphatic carbocycles. The van der Waals surface area contributed by atoms with Crippen molar-refractivity contribution >= 4 is 51.6 Å². The van der Waals surface area contributed by atoms with E-state index >= 15 is 0 Å². The molecule has 4 rings (SSSR count). The SMILES string of the molecule is CCn1c(COc2cc(C)c(Cl)c(C)c2)nnc1SCC(=O)Nc1scc(-c2ccc(OC)cc2)c1C(=O)OC. The van der Waals surface area contributed by atoms with E-state index in [-0.39, 0.29) is 18.3 Å². The fourth-order valence-corrected chi connectivity index (χ4v) is 5.92. The normalized spacial score (nSPS) is 10.8. The van der Waals surface area contributed by atoms with Crippen LogP contribution in [0.5, 0.6) is 11.5 Å². The topological polar surface area (TPSA) is 105 Å². The summed E-state index contributed by atoms with van der Waals surface area (Å²) >= 11 is 8.77. The number of anilines is 1. The molecular weight excluding hydrogens is 572 g/mol. The number of halogens is 1. The summed E-state index contributed by atoms with van der Waals surface area (Å²) in [6.07, 6.45) is 0. The van der Waals surface area contributed by atoms with Crippen LogP contribution < -0.4 is 14.8 Å². The van der Waals surface area contributed by atoms with E-state index in [1.807, 2.05) is 67.1 Å². The maximum Gasteiger partial charge on any atom is 0.341 e. The second-order valence-electron chi connectivity index (χ2n) is 8.71. The number of hydrogen-bond acceptors (Lipinski definition) is 9. The lowest BCUT2D eigenvalue weighted by Crippen LogP contribution is -2.16. The van der Waals surface area contributed by atoms with Crippen molar-refractivity contribution in [3.63, 3.8) is 0 Å². The van der Waals surface area contributed by atoms with Gasteiger partial charge in [0.05, 0.1) is 20.0 Å². The van der Waals surface area contributed by atoms with Crippen LogP contribution in [-0.4, -0.2) is 46.6 Å². The van der Waals surface area contributed by atoms with Gasteiger partial charge in [-0.05, 0) is 61.7 Å². The zero-order valence-electron chi connectivity index (χ0n) is 22.7. The Balaban J connectivity index is 1.43. The van der Waals surface area contributed by atoms with E-state index < -0.39 is 5.97 Å². The largest absolute Gasteiger partial charge is 0.497 e. The van der Waals surface area contributed by atoms with Crippen LogP contribution in [0.4, 0.5) is 5.00 Å². The van der Waals surface area contributed by atoms with Crippen molar-refractivity contribution < 1.29 is 23.8 Å². The molecule has 0 unspecified atom stereocenters. The van der Waals surface area contributed by atoms with Crippen molar-refractivity contribution in [1.82, 2.24) is 14.8 Å². The summed E-state index contributed by atoms with van der Waals surface area (Å²) in [5.41, 5.74) is 3.66. The molecule has 0 saturated carbocycles. The minimum atomic E-state index is -0.531. The van der Waals surface area contributed by atoms with Crippen molar-refractivity contribution in [3.8, 4) is 22.6 Å². The van der Waals surface area contributed by atoms with Crippen LogP contribution in [0.1, 0.15) is 34.2 Å². The zero-order chi connectivity index (χ0) is 28.8. The van der Waals surface area contributed by atoms with E-state index in [1.54, 1.807) is 7.11 Å². The number of benzene rings is 2. The molecule has 9 nitrogen and oxygen atoms in total. The van der Waals surface area contributed by atoms with E-state index in [2.05, 4.69) is 15.5 Å². The highest BCUT2D eigenvalue weighted by molar-refractivity contribution is 7.99. The standard InChI is InChI=1S/C28H29ClN4O5S2/c1-6-33-22(13-38-20-11-16(2)25(29)17(3)12-20)31-32-28(33)40-15-23(34)30-26-24(27(35)37-5)21(14-39-26)18-7-9-19(36-4)10-8-18/h7-12,14H,6,13,15H2,1-5H3,(H,30,34). The van der Waals surface area contributed by atoms with Gasteiger partial charge in [-0.1, -0.05) is 35.5 Å². The molecule has 210 valence electrons. The molecule has 2 heterocycles. The molecule has 0 radical (unpaired) electrons. The first-order valence-corrected chi connectivity index (χ1v) is 14.6. The van der Waals surface area contributed by atoms with Crippen LogP contribution in [0.2, 0.25) is 5.02 Å². The maximum atomic E-state index is 12.9. The highest BCUT2D eigenvalue weighted by atomic mass is 35.5. The van der Waals surface area contributed by atoms with Crippen LogP contribution in [0.25, 0.3) is 11.1 Å². The molecular formula is C28H29ClN4O5S2. The van der Waals surface area contributed by atoms with Gasteiger partial charge in [0, 0.05) is 22.5 Å². The van der Waals surface area contributed by atoms with Crippen LogP contribution >= 0.6 is 34.7 Å². The van der Waals surface area contributed by atoms with Crippen molar-refractivity contribution in [2.24, 2.45) is 0 Å². The maximum absolute atomic E-state index is 12.9. The Morgan fingerprint density at radius 3 is 2.40 bits per heavy atom. The van der Waals surface area contributed by atoms with E-state index in [0.717, 1.165) is 21.7 Å². The van der Waals surface area contributed by atoms with Gasteiger partial charge < -0.3 is 24.1 Å². The quantitative estimate of drug-likeness (QED) is 0.156. The Labute approximate surface area is 245 Å². The Hall–Kier alpha value is -3.54. The van der Waals surface area contributed by atoms with Gasteiger partial charge in [0.2, 0.25) is 5.91 Å². The van der Waals surface area contributed by atoms with Gasteiger partial charge in [-0.3, -0.25) is 4.79 Å². The monoisotopic (exact) mass is 600 g/mol. The summed E-state index contributed by atoms with van der Waals surface area (Å²) in [4.78, 5) is 25.5. The lowest BCUT2D eigenvalue weighted by molar-refractivity contribution is -0.113. The molecule has 12 heteroatoms. The molecule has 40 heavy (non-hydrogen) atoms. The minimum Gasteiger partial charge on any atom is -0.497 e. The number of nitrogens with one attached hydrogen (secondary N) is 1. The third kappa shape index (κ3) is 6.60. The van der Waals surface area contributed by atoms with E-state index in [4.69, 9.17) is 25.8 Å². The number of aryl methyl sites for hydroxylation is 2. The molecule has 0 fully saturated rings. The second kappa shape index (κ2) is 13.2. The van der Waals surface area contributed by atoms with Crippen molar-refractivity contribution in [1.29, 1.82) is 0 Å². The Bertz CT molecular complexity index is 1490. The van der Waals surface area contributed by atoms with Crippen molar-refractivity contribution in [2.75, 3.05) is 25.3 Å². The summed E-state index contributed by atoms with van der Waals surface area (Å²) < 4.78 is 18.1. The molecule has 0 saturated heterocycles. The Kier molecular flexibility index (Phi) is 9.72. The first-order valence-electron chi connectivity index (χ1n) is 12.3. The van der Waals surface area contributed by atoms with Gasteiger partial charge in [0.1, 0.15) is 28.7 Å². The van der Waals surface area contributed by atoms with Gasteiger partial charge >= 0.3 is 5.97 Å². The van der Waals surface area contributed by atoms with Gasteiger partial charge in [-0.2, -0.15) is 0 Å². The summed E-state index contributed by atoms with van der Waals surface area (Å²) in [6.45, 7) is 6.67. The first kappa shape index (κ1) is 29.4. The van der Waals surface area contributed by atoms with Crippen molar-refractivity contribution in [3.05, 3.63) is 69.3 Å². The smallest absolute Gasteiger partial charge is 0.341 e. The lowest BCUT2D eigenvalue weighted by Gasteiger charge is -2.11. The fraction of sp³-hybridized carbons (Fsp3) is 0.286. The van der Waals surface area contributed by atoms with E-state index in [9.17, 15) is 9.59 Å². The number of ether oxygens (including phenoxy) is 3. The summed E-state index contributed by atoms with van der Waals surface area (Å²) in [5, 5.41) is 14.9. The number of thiophene rings is 1. The molecule has 2 aromatic carbocycles. The number of esters is 1. The van der Waals surface area contributed by atoms with Gasteiger partial charge in [0.15, 0.2) is 11.0 Å². The van der Waals surface area contributed by atoms with E-state index in [1.165, 1.54) is 30.2 Å². The predicted molar refractivity (Wildman–Crippen MR) is 158 cm³/mol. The molecule has 0 aliphatic rings. The number of carbonyl (C=O) groups excluding carboxylic acids is 2. The second-order valence-corrected chi connectivity index (χ2v) is 10.9. The lowest BCUT2D eigenvalue weighted by atomic mass is 10.0. The predicted octanol–water partition coefficient (Wildman–Crippen LogP) is 6.40. The first-order chi connectivity index (χ1) is 19.2. The van der Waals surface area contributed by atoms with Crippen LogP contribution in [0.3, 0.4) is 0 Å². The van der Waals surface area contributed by atoms with Crippen molar-refractivity contribution in [2.45, 2.75) is 39.1 Å². The highest BCUT2D eigenvalue weighted by Crippen LogP contribution is 2.37. The van der Waals surface area contributed by atoms with E-state index in [0.29, 0.717) is 45.2 Å². The van der Waals surface area contributed by atoms with Gasteiger partial charge in [-0.15, -0.1) is 21.5 Å². The van der Waals surface area contributed by atoms with Crippen LogP contribution in [0.15, 0.2) is 46.9 Å². The number of rotatable bonds is 11. The summed E-state index contributed by atoms with van der Waals surface area (Å²) in [5.74, 6) is 1.31. The fourth-order valence-electron chi connectivity index (χ4n) is 4.02. The number of amides is 1. The third-order valence-electron chi connectivity index (χ3n) is 6.05. The minimum absolute atomic E-state index is 0.0744. The molecule has 4 aromatic rings. The molecule has 0 spiro atoms. The molecule has 0 aliphatic heterocycles. The molecule has 0 atom stereocenters. The summed E-state index contributed by atoms with van der Waals surface area (Å²) in [6, 6.07) is 11.1. The highest BCUT2D eigenvalue weighted by Gasteiger charge is 2.23. The molecule has 2 aromatic heterocycles. The molecule has 1 N–H and O–H groups in total. The molecule has 1 amide bonds. The van der Waals surface area contributed by atoms with Gasteiger partial charge in [0.25, 0.3) is 0 Å². The number of carbonyl (C=O) groups is 2. The number of nitrogens with zero attached hydrogens (tertiary/aromatic N) is 3.